The van der Waals surface area contributed by atoms with Gasteiger partial charge >= 0.3 is 5.97 Å². The lowest BCUT2D eigenvalue weighted by atomic mass is 10.2. The molecule has 0 unspecified atom stereocenters. The summed E-state index contributed by atoms with van der Waals surface area (Å²) in [6, 6.07) is 3.36. The van der Waals surface area contributed by atoms with Crippen molar-refractivity contribution in [3.05, 3.63) is 28.5 Å². The lowest BCUT2D eigenvalue weighted by Gasteiger charge is -2.01. The lowest BCUT2D eigenvalue weighted by molar-refractivity contribution is 0.0600. The molecule has 4 nitrogen and oxygen atoms in total. The SMILES string of the molecule is COC(=O)c1cc(C#CCC#N)cnc1Cl. The molecule has 5 heteroatoms. The van der Waals surface area contributed by atoms with Gasteiger partial charge in [0.15, 0.2) is 0 Å². The molecule has 0 fully saturated rings. The van der Waals surface area contributed by atoms with Gasteiger partial charge in [0.25, 0.3) is 0 Å². The first-order valence-corrected chi connectivity index (χ1v) is 4.66. The van der Waals surface area contributed by atoms with Gasteiger partial charge in [0, 0.05) is 11.8 Å². The van der Waals surface area contributed by atoms with E-state index in [-0.39, 0.29) is 17.1 Å². The molecule has 0 bridgehead atoms. The van der Waals surface area contributed by atoms with E-state index in [0.29, 0.717) is 5.56 Å². The Balaban J connectivity index is 3.05. The molecule has 1 aromatic heterocycles. The number of carbonyl (C=O) groups excluding carboxylic acids is 1. The van der Waals surface area contributed by atoms with Crippen molar-refractivity contribution in [1.29, 1.82) is 5.26 Å². The Morgan fingerprint density at radius 1 is 1.69 bits per heavy atom. The van der Waals surface area contributed by atoms with Crippen molar-refractivity contribution < 1.29 is 9.53 Å². The molecule has 0 N–H and O–H groups in total. The van der Waals surface area contributed by atoms with Gasteiger partial charge in [0.05, 0.1) is 25.2 Å². The molecule has 0 amide bonds. The van der Waals surface area contributed by atoms with Crippen molar-refractivity contribution in [3.63, 3.8) is 0 Å². The molecule has 80 valence electrons. The number of methoxy groups -OCH3 is 1. The number of rotatable bonds is 1. The molecule has 0 saturated heterocycles. The first-order valence-electron chi connectivity index (χ1n) is 4.28. The number of ether oxygens (including phenoxy) is 1. The molecule has 1 heterocycles. The van der Waals surface area contributed by atoms with Crippen molar-refractivity contribution in [2.75, 3.05) is 7.11 Å². The van der Waals surface area contributed by atoms with Crippen LogP contribution in [0.3, 0.4) is 0 Å². The normalized spacial score (nSPS) is 8.56. The first kappa shape index (κ1) is 12.0. The van der Waals surface area contributed by atoms with Gasteiger partial charge in [-0.1, -0.05) is 23.4 Å². The number of aromatic nitrogens is 1. The van der Waals surface area contributed by atoms with Crippen LogP contribution in [0, 0.1) is 23.2 Å². The molecule has 0 aliphatic carbocycles. The van der Waals surface area contributed by atoms with Crippen LogP contribution >= 0.6 is 11.6 Å². The summed E-state index contributed by atoms with van der Waals surface area (Å²) >= 11 is 5.72. The van der Waals surface area contributed by atoms with E-state index < -0.39 is 5.97 Å². The molecule has 0 aliphatic heterocycles. The number of carbonyl (C=O) groups is 1. The van der Waals surface area contributed by atoms with Gasteiger partial charge in [-0.15, -0.1) is 0 Å². The fourth-order valence-electron chi connectivity index (χ4n) is 0.955. The van der Waals surface area contributed by atoms with Gasteiger partial charge in [0.1, 0.15) is 5.15 Å². The molecule has 0 aliphatic rings. The maximum Gasteiger partial charge on any atom is 0.341 e. The van der Waals surface area contributed by atoms with Crippen molar-refractivity contribution in [1.82, 2.24) is 4.98 Å². The van der Waals surface area contributed by atoms with E-state index in [1.165, 1.54) is 19.4 Å². The highest BCUT2D eigenvalue weighted by atomic mass is 35.5. The summed E-state index contributed by atoms with van der Waals surface area (Å²) in [5.41, 5.74) is 0.674. The van der Waals surface area contributed by atoms with Gasteiger partial charge < -0.3 is 4.74 Å². The number of halogens is 1. The molecule has 0 radical (unpaired) electrons. The van der Waals surface area contributed by atoms with Crippen LogP contribution in [-0.2, 0) is 4.74 Å². The van der Waals surface area contributed by atoms with Crippen LogP contribution in [0.5, 0.6) is 0 Å². The summed E-state index contributed by atoms with van der Waals surface area (Å²) in [7, 11) is 1.26. The second-order valence-corrected chi connectivity index (χ2v) is 3.05. The van der Waals surface area contributed by atoms with Crippen LogP contribution in [0.15, 0.2) is 12.3 Å². The lowest BCUT2D eigenvalue weighted by Crippen LogP contribution is -2.03. The summed E-state index contributed by atoms with van der Waals surface area (Å²) < 4.78 is 4.53. The summed E-state index contributed by atoms with van der Waals surface area (Å²) in [5, 5.41) is 8.37. The second-order valence-electron chi connectivity index (χ2n) is 2.69. The van der Waals surface area contributed by atoms with E-state index in [2.05, 4.69) is 21.6 Å². The minimum absolute atomic E-state index is 0.0673. The zero-order valence-electron chi connectivity index (χ0n) is 8.45. The van der Waals surface area contributed by atoms with E-state index in [0.717, 1.165) is 0 Å². The maximum absolute atomic E-state index is 11.3. The van der Waals surface area contributed by atoms with E-state index in [9.17, 15) is 4.79 Å². The Morgan fingerprint density at radius 2 is 2.44 bits per heavy atom. The van der Waals surface area contributed by atoms with Crippen molar-refractivity contribution in [3.8, 4) is 17.9 Å². The average Bonchev–Trinajstić information content (AvgIpc) is 2.30. The van der Waals surface area contributed by atoms with Crippen molar-refractivity contribution in [2.24, 2.45) is 0 Å². The quantitative estimate of drug-likeness (QED) is 0.422. The average molecular weight is 235 g/mol. The third-order valence-electron chi connectivity index (χ3n) is 1.64. The van der Waals surface area contributed by atoms with Crippen LogP contribution in [-0.4, -0.2) is 18.1 Å². The van der Waals surface area contributed by atoms with Crippen LogP contribution in [0.1, 0.15) is 22.3 Å². The van der Waals surface area contributed by atoms with Gasteiger partial charge in [0.2, 0.25) is 0 Å². The Morgan fingerprint density at radius 3 is 3.06 bits per heavy atom. The zero-order valence-corrected chi connectivity index (χ0v) is 9.21. The molecule has 0 spiro atoms. The highest BCUT2D eigenvalue weighted by molar-refractivity contribution is 6.32. The number of hydrogen-bond donors (Lipinski definition) is 0. The molecule has 0 saturated carbocycles. The van der Waals surface area contributed by atoms with Crippen molar-refractivity contribution in [2.45, 2.75) is 6.42 Å². The van der Waals surface area contributed by atoms with Crippen LogP contribution in [0.25, 0.3) is 0 Å². The molecule has 0 aromatic carbocycles. The minimum Gasteiger partial charge on any atom is -0.465 e. The van der Waals surface area contributed by atoms with E-state index in [1.54, 1.807) is 0 Å². The third-order valence-corrected chi connectivity index (χ3v) is 1.95. The third kappa shape index (κ3) is 2.98. The zero-order chi connectivity index (χ0) is 12.0. The molecular weight excluding hydrogens is 228 g/mol. The summed E-state index contributed by atoms with van der Waals surface area (Å²) in [6.45, 7) is 0. The van der Waals surface area contributed by atoms with E-state index >= 15 is 0 Å². The smallest absolute Gasteiger partial charge is 0.341 e. The predicted octanol–water partition coefficient (Wildman–Crippen LogP) is 1.79. The molecular formula is C11H7ClN2O2. The van der Waals surface area contributed by atoms with Gasteiger partial charge in [-0.05, 0) is 6.07 Å². The van der Waals surface area contributed by atoms with Gasteiger partial charge in [-0.2, -0.15) is 5.26 Å². The Labute approximate surface area is 97.8 Å². The topological polar surface area (TPSA) is 63.0 Å². The number of nitriles is 1. The minimum atomic E-state index is -0.568. The van der Waals surface area contributed by atoms with Gasteiger partial charge in [-0.25, -0.2) is 9.78 Å². The van der Waals surface area contributed by atoms with Crippen LogP contribution in [0.2, 0.25) is 5.15 Å². The standard InChI is InChI=1S/C11H7ClN2O2/c1-16-11(15)9-6-8(4-2-3-5-13)7-14-10(9)12/h6-7H,3H2,1H3. The molecule has 0 atom stereocenters. The van der Waals surface area contributed by atoms with Crippen LogP contribution < -0.4 is 0 Å². The molecule has 1 aromatic rings. The Bertz CT molecular complexity index is 509. The highest BCUT2D eigenvalue weighted by Crippen LogP contribution is 2.14. The van der Waals surface area contributed by atoms with Crippen molar-refractivity contribution >= 4 is 17.6 Å². The molecule has 16 heavy (non-hydrogen) atoms. The van der Waals surface area contributed by atoms with E-state index in [4.69, 9.17) is 16.9 Å². The number of esters is 1. The Hall–Kier alpha value is -2.04. The first-order chi connectivity index (χ1) is 7.69. The largest absolute Gasteiger partial charge is 0.465 e. The van der Waals surface area contributed by atoms with E-state index in [1.807, 2.05) is 6.07 Å². The maximum atomic E-state index is 11.3. The fourth-order valence-corrected chi connectivity index (χ4v) is 1.14. The summed E-state index contributed by atoms with van der Waals surface area (Å²) in [5.74, 6) is 4.73. The number of hydrogen-bond acceptors (Lipinski definition) is 4. The fraction of sp³-hybridized carbons (Fsp3) is 0.182. The predicted molar refractivity (Wildman–Crippen MR) is 57.7 cm³/mol. The number of nitrogens with zero attached hydrogens (tertiary/aromatic N) is 2. The molecule has 1 rings (SSSR count). The second kappa shape index (κ2) is 5.75. The number of pyridine rings is 1. The Kier molecular flexibility index (Phi) is 4.32. The highest BCUT2D eigenvalue weighted by Gasteiger charge is 2.11. The summed E-state index contributed by atoms with van der Waals surface area (Å²) in [6.07, 6.45) is 1.55. The van der Waals surface area contributed by atoms with Crippen LogP contribution in [0.4, 0.5) is 0 Å². The van der Waals surface area contributed by atoms with Gasteiger partial charge in [-0.3, -0.25) is 0 Å². The monoisotopic (exact) mass is 234 g/mol. The summed E-state index contributed by atoms with van der Waals surface area (Å²) in [4.78, 5) is 15.1.